The Morgan fingerprint density at radius 2 is 1.54 bits per heavy atom. The molecule has 1 saturated heterocycles. The Morgan fingerprint density at radius 3 is 2.18 bits per heavy atom. The van der Waals surface area contributed by atoms with Crippen molar-refractivity contribution in [1.82, 2.24) is 4.98 Å². The van der Waals surface area contributed by atoms with E-state index in [-0.39, 0.29) is 23.2 Å². The molecule has 1 aromatic carbocycles. The van der Waals surface area contributed by atoms with E-state index < -0.39 is 125 Å². The van der Waals surface area contributed by atoms with Crippen molar-refractivity contribution in [3.8, 4) is 0 Å². The average molecular weight is 798 g/mol. The van der Waals surface area contributed by atoms with Crippen LogP contribution in [-0.2, 0) is 63.6 Å². The zero-order valence-electron chi connectivity index (χ0n) is 31.9. The summed E-state index contributed by atoms with van der Waals surface area (Å²) in [6.45, 7) is 4.26. The van der Waals surface area contributed by atoms with Gasteiger partial charge in [0.15, 0.2) is 29.2 Å². The van der Waals surface area contributed by atoms with Crippen molar-refractivity contribution >= 4 is 41.6 Å². The summed E-state index contributed by atoms with van der Waals surface area (Å²) in [6.07, 6.45) is -10.5. The van der Waals surface area contributed by atoms with Crippen LogP contribution in [0.25, 0.3) is 0 Å². The third kappa shape index (κ3) is 6.53. The molecule has 4 aliphatic rings. The fraction of sp³-hybridized carbons (Fsp3) is 0.538. The standard InChI is InChI=1S/C39H43NO17/c1-19(41)51-18-38-30(54-21(3)43)26(44)25-28(53-20(2)42)39(38)37(6,50)29(27(45)31(38)55-32(46)22-11-8-7-9-12-22)56-34(48)35(4,49)15-14-24-23(13-10-16-40-24)33(47)52-17-36(25,5)57-39/h7-13,16,25,27-31,45,49-50H,14-15,17-18H2,1-6H3/t25-,27+,28-,29+,30-,31+,35?,36+,37+,38-,39-/m1/s1. The molecule has 2 aromatic rings. The van der Waals surface area contributed by atoms with Crippen LogP contribution in [0.1, 0.15) is 74.4 Å². The minimum absolute atomic E-state index is 0.0850. The number of aryl methyl sites for hydroxylation is 1. The number of cyclic esters (lactones) is 1. The molecule has 18 nitrogen and oxygen atoms in total. The molecular weight excluding hydrogens is 754 g/mol. The van der Waals surface area contributed by atoms with Gasteiger partial charge in [-0.05, 0) is 57.9 Å². The second kappa shape index (κ2) is 14.6. The number of aliphatic hydroxyl groups excluding tert-OH is 1. The number of esters is 6. The largest absolute Gasteiger partial charge is 0.465 e. The van der Waals surface area contributed by atoms with Crippen molar-refractivity contribution in [2.45, 2.75) is 107 Å². The first-order valence-electron chi connectivity index (χ1n) is 18.1. The van der Waals surface area contributed by atoms with Crippen LogP contribution in [-0.4, -0.2) is 128 Å². The van der Waals surface area contributed by atoms with E-state index in [9.17, 15) is 44.1 Å². The van der Waals surface area contributed by atoms with Crippen molar-refractivity contribution in [1.29, 1.82) is 0 Å². The molecule has 2 aliphatic carbocycles. The number of nitrogens with zero attached hydrogens (tertiary/aromatic N) is 1. The van der Waals surface area contributed by atoms with E-state index in [1.54, 1.807) is 6.07 Å². The lowest BCUT2D eigenvalue weighted by Crippen LogP contribution is -2.88. The molecule has 18 heteroatoms. The number of benzene rings is 1. The number of aromatic nitrogens is 1. The number of ketones is 1. The third-order valence-corrected chi connectivity index (χ3v) is 11.4. The van der Waals surface area contributed by atoms with Gasteiger partial charge in [-0.2, -0.15) is 0 Å². The molecule has 3 N–H and O–H groups in total. The molecule has 1 aromatic heterocycles. The molecule has 11 atom stereocenters. The summed E-state index contributed by atoms with van der Waals surface area (Å²) < 4.78 is 41.5. The van der Waals surface area contributed by atoms with Gasteiger partial charge in [0.05, 0.1) is 22.7 Å². The lowest BCUT2D eigenvalue weighted by Gasteiger charge is -2.66. The highest BCUT2D eigenvalue weighted by atomic mass is 16.7. The number of fused-ring (bicyclic) bond motifs is 5. The van der Waals surface area contributed by atoms with Gasteiger partial charge in [-0.3, -0.25) is 24.2 Å². The van der Waals surface area contributed by atoms with Crippen molar-refractivity contribution in [2.24, 2.45) is 11.3 Å². The molecule has 3 fully saturated rings. The van der Waals surface area contributed by atoms with E-state index >= 15 is 4.79 Å². The SMILES string of the molecule is CC(=O)OC[C@]12[C@H](OC(C)=O)C(=O)[C@@H]3[C@@H](OC(C)=O)[C@]14O[C@@]3(C)COC(=O)c1cccnc1CCC(C)(O)C(=O)O[C@@H]([C@H](O)[C@@H]2OC(=O)c1ccccc1)[C@]4(C)O. The number of ether oxygens (including phenoxy) is 7. The maximum absolute atomic E-state index is 15.2. The first-order valence-corrected chi connectivity index (χ1v) is 18.1. The molecule has 0 radical (unpaired) electrons. The third-order valence-electron chi connectivity index (χ3n) is 11.4. The highest BCUT2D eigenvalue weighted by Gasteiger charge is 2.91. The molecule has 57 heavy (non-hydrogen) atoms. The van der Waals surface area contributed by atoms with Crippen LogP contribution in [0, 0.1) is 11.3 Å². The Hall–Kier alpha value is -5.30. The van der Waals surface area contributed by atoms with E-state index in [4.69, 9.17) is 33.2 Å². The summed E-state index contributed by atoms with van der Waals surface area (Å²) in [5.41, 5.74) is -13.2. The van der Waals surface area contributed by atoms with Crippen LogP contribution in [0.5, 0.6) is 0 Å². The predicted octanol–water partition coefficient (Wildman–Crippen LogP) is 0.338. The van der Waals surface area contributed by atoms with Crippen LogP contribution < -0.4 is 0 Å². The summed E-state index contributed by atoms with van der Waals surface area (Å²) in [7, 11) is 0. The first-order chi connectivity index (χ1) is 26.6. The average Bonchev–Trinajstić information content (AvgIpc) is 3.37. The normalized spacial score (nSPS) is 37.3. The Kier molecular flexibility index (Phi) is 10.6. The van der Waals surface area contributed by atoms with E-state index in [0.29, 0.717) is 0 Å². The maximum Gasteiger partial charge on any atom is 0.340 e. The van der Waals surface area contributed by atoms with Gasteiger partial charge >= 0.3 is 35.8 Å². The molecule has 1 unspecified atom stereocenters. The molecule has 1 spiro atoms. The van der Waals surface area contributed by atoms with E-state index in [1.807, 2.05) is 0 Å². The van der Waals surface area contributed by atoms with Crippen LogP contribution in [0.4, 0.5) is 0 Å². The van der Waals surface area contributed by atoms with Crippen molar-refractivity contribution < 1.29 is 82.0 Å². The number of rotatable bonds is 6. The van der Waals surface area contributed by atoms with E-state index in [0.717, 1.165) is 34.6 Å². The van der Waals surface area contributed by atoms with Gasteiger partial charge in [-0.1, -0.05) is 18.2 Å². The van der Waals surface area contributed by atoms with Crippen molar-refractivity contribution in [3.05, 3.63) is 65.5 Å². The minimum atomic E-state index is -2.93. The van der Waals surface area contributed by atoms with Crippen molar-refractivity contribution in [3.63, 3.8) is 0 Å². The number of Topliss-reactive ketones (excluding diaryl/α,β-unsaturated/α-hetero) is 1. The number of aliphatic hydroxyl groups is 3. The van der Waals surface area contributed by atoms with Gasteiger partial charge in [0.2, 0.25) is 0 Å². The van der Waals surface area contributed by atoms with Crippen LogP contribution in [0.3, 0.4) is 0 Å². The Bertz CT molecular complexity index is 2000. The number of hydrogen-bond donors (Lipinski definition) is 3. The Labute approximate surface area is 325 Å². The summed E-state index contributed by atoms with van der Waals surface area (Å²) in [6, 6.07) is 10.1. The minimum Gasteiger partial charge on any atom is -0.465 e. The zero-order valence-corrected chi connectivity index (χ0v) is 31.9. The fourth-order valence-corrected chi connectivity index (χ4v) is 8.89. The van der Waals surface area contributed by atoms with Gasteiger partial charge in [0.25, 0.3) is 0 Å². The molecule has 0 amide bonds. The number of pyridine rings is 1. The zero-order chi connectivity index (χ0) is 41.9. The van der Waals surface area contributed by atoms with E-state index in [1.165, 1.54) is 49.5 Å². The second-order valence-corrected chi connectivity index (χ2v) is 15.4. The fourth-order valence-electron chi connectivity index (χ4n) is 8.89. The molecule has 6 rings (SSSR count). The monoisotopic (exact) mass is 797 g/mol. The molecular formula is C39H43NO17. The van der Waals surface area contributed by atoms with E-state index in [2.05, 4.69) is 4.98 Å². The van der Waals surface area contributed by atoms with Crippen LogP contribution in [0.2, 0.25) is 0 Å². The Morgan fingerprint density at radius 1 is 0.877 bits per heavy atom. The number of hydrogen-bond acceptors (Lipinski definition) is 18. The smallest absolute Gasteiger partial charge is 0.340 e. The predicted molar refractivity (Wildman–Crippen MR) is 187 cm³/mol. The Balaban J connectivity index is 1.71. The lowest BCUT2D eigenvalue weighted by molar-refractivity contribution is -0.375. The van der Waals surface area contributed by atoms with Gasteiger partial charge in [-0.25, -0.2) is 14.4 Å². The van der Waals surface area contributed by atoms with Crippen molar-refractivity contribution in [2.75, 3.05) is 13.2 Å². The maximum atomic E-state index is 15.2. The molecule has 306 valence electrons. The quantitative estimate of drug-likeness (QED) is 0.263. The molecule has 2 aliphatic heterocycles. The summed E-state index contributed by atoms with van der Waals surface area (Å²) in [4.78, 5) is 99.9. The second-order valence-electron chi connectivity index (χ2n) is 15.4. The first kappa shape index (κ1) is 41.3. The van der Waals surface area contributed by atoms with Crippen LogP contribution >= 0.6 is 0 Å². The highest BCUT2D eigenvalue weighted by molar-refractivity contribution is 5.94. The summed E-state index contributed by atoms with van der Waals surface area (Å²) in [5.74, 6) is -9.64. The van der Waals surface area contributed by atoms with Gasteiger partial charge in [-0.15, -0.1) is 0 Å². The van der Waals surface area contributed by atoms with Gasteiger partial charge < -0.3 is 48.5 Å². The van der Waals surface area contributed by atoms with Crippen LogP contribution in [0.15, 0.2) is 48.7 Å². The summed E-state index contributed by atoms with van der Waals surface area (Å²) in [5, 5.41) is 37.1. The number of carbonyl (C=O) groups is 7. The van der Waals surface area contributed by atoms with Gasteiger partial charge in [0, 0.05) is 27.0 Å². The highest BCUT2D eigenvalue weighted by Crippen LogP contribution is 2.68. The number of carbonyl (C=O) groups excluding carboxylic acids is 7. The van der Waals surface area contributed by atoms with Gasteiger partial charge in [0.1, 0.15) is 48.1 Å². The molecule has 2 saturated carbocycles. The summed E-state index contributed by atoms with van der Waals surface area (Å²) >= 11 is 0. The molecule has 4 bridgehead atoms. The lowest BCUT2D eigenvalue weighted by atomic mass is 9.45. The molecule has 3 heterocycles. The topological polar surface area (TPSA) is 258 Å².